The van der Waals surface area contributed by atoms with Crippen molar-refractivity contribution in [2.75, 3.05) is 13.1 Å². The zero-order valence-corrected chi connectivity index (χ0v) is 20.6. The first-order chi connectivity index (χ1) is 17.5. The van der Waals surface area contributed by atoms with Crippen molar-refractivity contribution in [3.05, 3.63) is 58.6 Å². The van der Waals surface area contributed by atoms with Crippen molar-refractivity contribution in [2.24, 2.45) is 0 Å². The maximum Gasteiger partial charge on any atom is 0.255 e. The van der Waals surface area contributed by atoms with Gasteiger partial charge in [-0.1, -0.05) is 23.7 Å². The molecule has 4 aliphatic rings. The van der Waals surface area contributed by atoms with Crippen LogP contribution in [0, 0.1) is 0 Å². The molecular formula is C27H28ClN3O5. The van der Waals surface area contributed by atoms with Crippen LogP contribution in [0.2, 0.25) is 5.02 Å². The molecule has 1 saturated carbocycles. The highest BCUT2D eigenvalue weighted by molar-refractivity contribution is 6.32. The zero-order valence-electron chi connectivity index (χ0n) is 19.8. The Morgan fingerprint density at radius 2 is 1.81 bits per heavy atom. The molecule has 1 aliphatic carbocycles. The van der Waals surface area contributed by atoms with E-state index in [9.17, 15) is 14.4 Å². The van der Waals surface area contributed by atoms with Gasteiger partial charge in [0, 0.05) is 37.7 Å². The van der Waals surface area contributed by atoms with Crippen molar-refractivity contribution in [2.45, 2.75) is 62.9 Å². The molecule has 2 saturated heterocycles. The van der Waals surface area contributed by atoms with E-state index in [-0.39, 0.29) is 30.4 Å². The molecule has 3 amide bonds. The number of likely N-dealkylation sites (tertiary alicyclic amines) is 1. The summed E-state index contributed by atoms with van der Waals surface area (Å²) in [5.74, 6) is 0.611. The number of amides is 3. The van der Waals surface area contributed by atoms with Crippen LogP contribution in [0.5, 0.6) is 11.5 Å². The topological polar surface area (TPSA) is 88.2 Å². The van der Waals surface area contributed by atoms with E-state index in [2.05, 4.69) is 10.2 Å². The number of carbonyl (C=O) groups is 3. The lowest BCUT2D eigenvalue weighted by molar-refractivity contribution is -0.136. The Morgan fingerprint density at radius 3 is 2.61 bits per heavy atom. The van der Waals surface area contributed by atoms with Crippen molar-refractivity contribution in [3.8, 4) is 11.5 Å². The largest absolute Gasteiger partial charge is 0.489 e. The van der Waals surface area contributed by atoms with E-state index < -0.39 is 11.9 Å². The predicted octanol–water partition coefficient (Wildman–Crippen LogP) is 3.16. The second-order valence-electron chi connectivity index (χ2n) is 10.00. The summed E-state index contributed by atoms with van der Waals surface area (Å²) in [4.78, 5) is 40.7. The van der Waals surface area contributed by atoms with Crippen molar-refractivity contribution < 1.29 is 23.9 Å². The maximum absolute atomic E-state index is 12.9. The molecule has 3 aliphatic heterocycles. The molecule has 3 atom stereocenters. The number of benzene rings is 2. The van der Waals surface area contributed by atoms with Crippen LogP contribution < -0.4 is 14.8 Å². The Balaban J connectivity index is 1.07. The smallest absolute Gasteiger partial charge is 0.255 e. The fraction of sp³-hybridized carbons (Fsp3) is 0.444. The van der Waals surface area contributed by atoms with Crippen LogP contribution in [0.25, 0.3) is 0 Å². The van der Waals surface area contributed by atoms with Gasteiger partial charge in [0.15, 0.2) is 0 Å². The summed E-state index contributed by atoms with van der Waals surface area (Å²) in [6.45, 7) is 2.03. The monoisotopic (exact) mass is 509 g/mol. The van der Waals surface area contributed by atoms with Gasteiger partial charge in [-0.05, 0) is 61.6 Å². The maximum atomic E-state index is 12.9. The molecule has 36 heavy (non-hydrogen) atoms. The third-order valence-electron chi connectivity index (χ3n) is 7.68. The first-order valence-electron chi connectivity index (χ1n) is 12.6. The second kappa shape index (κ2) is 9.41. The molecule has 6 rings (SSSR count). The molecule has 0 aromatic heterocycles. The molecule has 0 radical (unpaired) electrons. The molecular weight excluding hydrogens is 482 g/mol. The molecule has 3 heterocycles. The van der Waals surface area contributed by atoms with Gasteiger partial charge >= 0.3 is 0 Å². The number of piperidine rings is 1. The quantitative estimate of drug-likeness (QED) is 0.602. The summed E-state index contributed by atoms with van der Waals surface area (Å²) < 4.78 is 12.5. The lowest BCUT2D eigenvalue weighted by Crippen LogP contribution is -2.60. The number of ether oxygens (including phenoxy) is 2. The lowest BCUT2D eigenvalue weighted by atomic mass is 10.0. The zero-order chi connectivity index (χ0) is 24.8. The lowest BCUT2D eigenvalue weighted by Gasteiger charge is -2.44. The van der Waals surface area contributed by atoms with E-state index in [1.165, 1.54) is 0 Å². The van der Waals surface area contributed by atoms with E-state index >= 15 is 0 Å². The van der Waals surface area contributed by atoms with Crippen LogP contribution in [-0.4, -0.2) is 64.9 Å². The van der Waals surface area contributed by atoms with Gasteiger partial charge in [-0.15, -0.1) is 0 Å². The van der Waals surface area contributed by atoms with Gasteiger partial charge in [0.2, 0.25) is 11.8 Å². The summed E-state index contributed by atoms with van der Waals surface area (Å²) >= 11 is 6.23. The third kappa shape index (κ3) is 4.33. The Bertz CT molecular complexity index is 1210. The molecule has 0 spiro atoms. The van der Waals surface area contributed by atoms with Gasteiger partial charge in [0.1, 0.15) is 29.7 Å². The number of rotatable bonds is 6. The van der Waals surface area contributed by atoms with Crippen LogP contribution in [0.1, 0.15) is 48.0 Å². The van der Waals surface area contributed by atoms with Crippen LogP contribution >= 0.6 is 11.6 Å². The molecule has 2 aromatic rings. The van der Waals surface area contributed by atoms with Gasteiger partial charge in [0.25, 0.3) is 5.91 Å². The minimum absolute atomic E-state index is 0.0765. The average molecular weight is 510 g/mol. The van der Waals surface area contributed by atoms with Crippen molar-refractivity contribution in [1.29, 1.82) is 0 Å². The molecule has 188 valence electrons. The predicted molar refractivity (Wildman–Crippen MR) is 132 cm³/mol. The molecule has 1 unspecified atom stereocenters. The SMILES string of the molecule is O=C1CCC(N2Cc3cc(O[C@@H]4CCC[C@@H]4N4CC(Oc5ccccc5Cl)C4)ccc3C2=O)C(=O)N1. The molecule has 2 aromatic carbocycles. The summed E-state index contributed by atoms with van der Waals surface area (Å²) in [7, 11) is 0. The number of hydrogen-bond donors (Lipinski definition) is 1. The first-order valence-corrected chi connectivity index (χ1v) is 12.9. The van der Waals surface area contributed by atoms with E-state index in [0.717, 1.165) is 49.4 Å². The highest BCUT2D eigenvalue weighted by atomic mass is 35.5. The number of nitrogens with zero attached hydrogens (tertiary/aromatic N) is 2. The second-order valence-corrected chi connectivity index (χ2v) is 10.4. The highest BCUT2D eigenvalue weighted by Crippen LogP contribution is 2.35. The highest BCUT2D eigenvalue weighted by Gasteiger charge is 2.42. The van der Waals surface area contributed by atoms with Gasteiger partial charge in [0.05, 0.1) is 5.02 Å². The minimum atomic E-state index is -0.612. The summed E-state index contributed by atoms with van der Waals surface area (Å²) in [5.41, 5.74) is 1.45. The van der Waals surface area contributed by atoms with Crippen LogP contribution in [-0.2, 0) is 16.1 Å². The van der Waals surface area contributed by atoms with E-state index in [1.54, 1.807) is 11.0 Å². The van der Waals surface area contributed by atoms with Crippen LogP contribution in [0.4, 0.5) is 0 Å². The summed E-state index contributed by atoms with van der Waals surface area (Å²) in [6.07, 6.45) is 3.96. The van der Waals surface area contributed by atoms with Gasteiger partial charge in [-0.2, -0.15) is 0 Å². The normalized spacial score (nSPS) is 26.5. The number of halogens is 1. The van der Waals surface area contributed by atoms with Gasteiger partial charge < -0.3 is 14.4 Å². The van der Waals surface area contributed by atoms with Crippen LogP contribution in [0.3, 0.4) is 0 Å². The number of para-hydroxylation sites is 1. The molecule has 0 bridgehead atoms. The Morgan fingerprint density at radius 1 is 0.972 bits per heavy atom. The third-order valence-corrected chi connectivity index (χ3v) is 7.99. The number of carbonyl (C=O) groups excluding carboxylic acids is 3. The van der Waals surface area contributed by atoms with E-state index in [1.807, 2.05) is 36.4 Å². The molecule has 9 heteroatoms. The summed E-state index contributed by atoms with van der Waals surface area (Å²) in [6, 6.07) is 12.8. The Kier molecular flexibility index (Phi) is 6.09. The summed E-state index contributed by atoms with van der Waals surface area (Å²) in [5, 5.41) is 2.97. The molecule has 3 fully saturated rings. The number of fused-ring (bicyclic) bond motifs is 1. The first kappa shape index (κ1) is 23.3. The Hall–Kier alpha value is -3.10. The van der Waals surface area contributed by atoms with Gasteiger partial charge in [-0.25, -0.2) is 0 Å². The van der Waals surface area contributed by atoms with Crippen LogP contribution in [0.15, 0.2) is 42.5 Å². The molecule has 8 nitrogen and oxygen atoms in total. The number of hydrogen-bond acceptors (Lipinski definition) is 6. The number of imide groups is 1. The molecule has 1 N–H and O–H groups in total. The Labute approximate surface area is 214 Å². The fourth-order valence-corrected chi connectivity index (χ4v) is 5.98. The van der Waals surface area contributed by atoms with Gasteiger partial charge in [-0.3, -0.25) is 24.6 Å². The van der Waals surface area contributed by atoms with Crippen molar-refractivity contribution in [1.82, 2.24) is 15.1 Å². The standard InChI is InChI=1S/C27H28ClN3O5/c28-20-4-1-2-6-23(20)36-18-14-30(15-18)21-5-3-7-24(21)35-17-8-9-19-16(12-17)13-31(27(19)34)22-10-11-25(32)29-26(22)33/h1-2,4,6,8-9,12,18,21-22,24H,3,5,7,10-11,13-15H2,(H,29,32,33)/t21-,22?,24+/m0/s1. The number of nitrogens with one attached hydrogen (secondary N) is 1. The van der Waals surface area contributed by atoms with E-state index in [4.69, 9.17) is 21.1 Å². The average Bonchev–Trinajstić information content (AvgIpc) is 3.41. The van der Waals surface area contributed by atoms with Crippen molar-refractivity contribution >= 4 is 29.3 Å². The van der Waals surface area contributed by atoms with Crippen molar-refractivity contribution in [3.63, 3.8) is 0 Å². The minimum Gasteiger partial charge on any atom is -0.489 e. The fourth-order valence-electron chi connectivity index (χ4n) is 5.80. The van der Waals surface area contributed by atoms with E-state index in [0.29, 0.717) is 29.6 Å².